The number of hydrogen-bond acceptors (Lipinski definition) is 3. The van der Waals surface area contributed by atoms with Crippen molar-refractivity contribution in [2.75, 3.05) is 13.6 Å². The highest BCUT2D eigenvalue weighted by Gasteiger charge is 2.43. The van der Waals surface area contributed by atoms with Gasteiger partial charge in [0.25, 0.3) is 0 Å². The van der Waals surface area contributed by atoms with Crippen molar-refractivity contribution in [2.24, 2.45) is 11.7 Å². The molecule has 0 spiro atoms. The molecule has 0 aromatic carbocycles. The van der Waals surface area contributed by atoms with E-state index in [1.165, 1.54) is 7.05 Å². The lowest BCUT2D eigenvalue weighted by molar-refractivity contribution is -0.129. The molecule has 1 rings (SSSR count). The monoisotopic (exact) mass is 199 g/mol. The van der Waals surface area contributed by atoms with Gasteiger partial charge in [0.15, 0.2) is 0 Å². The highest BCUT2D eigenvalue weighted by molar-refractivity contribution is 5.90. The maximum Gasteiger partial charge on any atom is 0.240 e. The Balaban J connectivity index is 2.37. The molecule has 1 aliphatic rings. The first-order chi connectivity index (χ1) is 6.48. The number of carbonyl (C=O) groups excluding carboxylic acids is 2. The van der Waals surface area contributed by atoms with Crippen LogP contribution >= 0.6 is 0 Å². The van der Waals surface area contributed by atoms with Crippen LogP contribution in [0.2, 0.25) is 0 Å². The minimum atomic E-state index is -0.825. The van der Waals surface area contributed by atoms with Gasteiger partial charge in [-0.2, -0.15) is 0 Å². The quantitative estimate of drug-likeness (QED) is 0.541. The third kappa shape index (κ3) is 2.45. The zero-order valence-corrected chi connectivity index (χ0v) is 8.59. The lowest BCUT2D eigenvalue weighted by Crippen LogP contribution is -2.54. The lowest BCUT2D eigenvalue weighted by atomic mass is 9.96. The Hall–Kier alpha value is -1.10. The molecule has 0 bridgehead atoms. The smallest absolute Gasteiger partial charge is 0.240 e. The molecule has 0 saturated heterocycles. The minimum absolute atomic E-state index is 0.00512. The fraction of sp³-hybridized carbons (Fsp3) is 0.778. The van der Waals surface area contributed by atoms with Crippen LogP contribution < -0.4 is 16.4 Å². The summed E-state index contributed by atoms with van der Waals surface area (Å²) in [6, 6.07) is 0. The van der Waals surface area contributed by atoms with Gasteiger partial charge >= 0.3 is 0 Å². The highest BCUT2D eigenvalue weighted by atomic mass is 16.2. The minimum Gasteiger partial charge on any atom is -0.358 e. The summed E-state index contributed by atoms with van der Waals surface area (Å²) in [7, 11) is 1.52. The molecule has 1 aliphatic carbocycles. The summed E-state index contributed by atoms with van der Waals surface area (Å²) in [6.45, 7) is 1.71. The van der Waals surface area contributed by atoms with Gasteiger partial charge in [-0.1, -0.05) is 0 Å². The maximum absolute atomic E-state index is 11.6. The van der Waals surface area contributed by atoms with Crippen LogP contribution in [-0.2, 0) is 9.59 Å². The van der Waals surface area contributed by atoms with Crippen molar-refractivity contribution in [1.82, 2.24) is 10.6 Å². The van der Waals surface area contributed by atoms with Crippen LogP contribution in [0.25, 0.3) is 0 Å². The lowest BCUT2D eigenvalue weighted by Gasteiger charge is -2.22. The van der Waals surface area contributed by atoms with Crippen molar-refractivity contribution in [3.05, 3.63) is 0 Å². The topological polar surface area (TPSA) is 84.2 Å². The molecule has 1 saturated carbocycles. The van der Waals surface area contributed by atoms with Crippen LogP contribution in [0, 0.1) is 5.92 Å². The summed E-state index contributed by atoms with van der Waals surface area (Å²) < 4.78 is 0. The molecule has 0 radical (unpaired) electrons. The number of nitrogens with one attached hydrogen (secondary N) is 2. The Bertz CT molecular complexity index is 246. The average molecular weight is 199 g/mol. The summed E-state index contributed by atoms with van der Waals surface area (Å²) in [5.41, 5.74) is 5.02. The van der Waals surface area contributed by atoms with Gasteiger partial charge in [-0.3, -0.25) is 9.59 Å². The molecule has 14 heavy (non-hydrogen) atoms. The van der Waals surface area contributed by atoms with Gasteiger partial charge in [-0.05, 0) is 25.7 Å². The average Bonchev–Trinajstić information content (AvgIpc) is 2.96. The highest BCUT2D eigenvalue weighted by Crippen LogP contribution is 2.37. The molecule has 0 heterocycles. The fourth-order valence-electron chi connectivity index (χ4n) is 1.31. The van der Waals surface area contributed by atoms with Crippen LogP contribution in [0.4, 0.5) is 0 Å². The number of hydrogen-bond donors (Lipinski definition) is 3. The molecule has 5 heteroatoms. The van der Waals surface area contributed by atoms with Gasteiger partial charge in [-0.15, -0.1) is 0 Å². The van der Waals surface area contributed by atoms with Gasteiger partial charge in [0, 0.05) is 7.05 Å². The van der Waals surface area contributed by atoms with E-state index in [4.69, 9.17) is 5.73 Å². The van der Waals surface area contributed by atoms with E-state index in [1.807, 2.05) is 0 Å². The van der Waals surface area contributed by atoms with Crippen molar-refractivity contribution in [3.8, 4) is 0 Å². The van der Waals surface area contributed by atoms with Crippen LogP contribution in [0.5, 0.6) is 0 Å². The SMILES string of the molecule is CNC(=O)CNC(=O)C(C)(N)C1CC1. The van der Waals surface area contributed by atoms with Gasteiger partial charge in [0.05, 0.1) is 12.1 Å². The Morgan fingerprint density at radius 3 is 2.50 bits per heavy atom. The van der Waals surface area contributed by atoms with E-state index in [-0.39, 0.29) is 24.3 Å². The summed E-state index contributed by atoms with van der Waals surface area (Å²) in [4.78, 5) is 22.4. The van der Waals surface area contributed by atoms with Gasteiger partial charge < -0.3 is 16.4 Å². The normalized spacial score (nSPS) is 19.6. The van der Waals surface area contributed by atoms with Crippen LogP contribution in [0.1, 0.15) is 19.8 Å². The first-order valence-corrected chi connectivity index (χ1v) is 4.76. The summed E-state index contributed by atoms with van der Waals surface area (Å²) in [6.07, 6.45) is 2.00. The molecular weight excluding hydrogens is 182 g/mol. The molecule has 1 atom stereocenters. The first-order valence-electron chi connectivity index (χ1n) is 4.76. The number of nitrogens with two attached hydrogens (primary N) is 1. The standard InChI is InChI=1S/C9H17N3O2/c1-9(10,6-3-4-6)8(14)12-5-7(13)11-2/h6H,3-5,10H2,1-2H3,(H,11,13)(H,12,14). The van der Waals surface area contributed by atoms with Gasteiger partial charge in [0.1, 0.15) is 0 Å². The van der Waals surface area contributed by atoms with E-state index in [2.05, 4.69) is 10.6 Å². The number of likely N-dealkylation sites (N-methyl/N-ethyl adjacent to an activating group) is 1. The van der Waals surface area contributed by atoms with E-state index in [0.29, 0.717) is 0 Å². The van der Waals surface area contributed by atoms with E-state index >= 15 is 0 Å². The van der Waals surface area contributed by atoms with Crippen molar-refractivity contribution < 1.29 is 9.59 Å². The van der Waals surface area contributed by atoms with Crippen LogP contribution in [0.3, 0.4) is 0 Å². The zero-order valence-electron chi connectivity index (χ0n) is 8.59. The van der Waals surface area contributed by atoms with Gasteiger partial charge in [0.2, 0.25) is 11.8 Å². The van der Waals surface area contributed by atoms with Crippen molar-refractivity contribution in [1.29, 1.82) is 0 Å². The summed E-state index contributed by atoms with van der Waals surface area (Å²) in [5.74, 6) is -0.194. The molecule has 5 nitrogen and oxygen atoms in total. The Morgan fingerprint density at radius 2 is 2.07 bits per heavy atom. The van der Waals surface area contributed by atoms with Crippen LogP contribution in [0.15, 0.2) is 0 Å². The molecule has 1 fully saturated rings. The van der Waals surface area contributed by atoms with E-state index in [0.717, 1.165) is 12.8 Å². The molecule has 80 valence electrons. The van der Waals surface area contributed by atoms with Crippen molar-refractivity contribution >= 4 is 11.8 Å². The molecule has 1 unspecified atom stereocenters. The Kier molecular flexibility index (Phi) is 3.10. The predicted molar refractivity (Wildman–Crippen MR) is 52.4 cm³/mol. The second kappa shape index (κ2) is 3.96. The predicted octanol–water partition coefficient (Wildman–Crippen LogP) is -1.02. The molecule has 4 N–H and O–H groups in total. The first kappa shape index (κ1) is 11.0. The van der Waals surface area contributed by atoms with Gasteiger partial charge in [-0.25, -0.2) is 0 Å². The van der Waals surface area contributed by atoms with E-state index in [1.54, 1.807) is 6.92 Å². The van der Waals surface area contributed by atoms with Crippen LogP contribution in [-0.4, -0.2) is 30.9 Å². The number of carbonyl (C=O) groups is 2. The maximum atomic E-state index is 11.6. The Morgan fingerprint density at radius 1 is 1.50 bits per heavy atom. The summed E-state index contributed by atoms with van der Waals surface area (Å²) >= 11 is 0. The molecule has 0 aliphatic heterocycles. The van der Waals surface area contributed by atoms with E-state index in [9.17, 15) is 9.59 Å². The molecular formula is C9H17N3O2. The number of amides is 2. The van der Waals surface area contributed by atoms with E-state index < -0.39 is 5.54 Å². The largest absolute Gasteiger partial charge is 0.358 e. The number of rotatable bonds is 4. The molecule has 2 amide bonds. The van der Waals surface area contributed by atoms with Crippen molar-refractivity contribution in [2.45, 2.75) is 25.3 Å². The zero-order chi connectivity index (χ0) is 10.8. The molecule has 0 aromatic rings. The molecule has 0 aromatic heterocycles. The third-order valence-electron chi connectivity index (χ3n) is 2.60. The Labute approximate surface area is 83.4 Å². The second-order valence-corrected chi connectivity index (χ2v) is 3.91. The third-order valence-corrected chi connectivity index (χ3v) is 2.60. The second-order valence-electron chi connectivity index (χ2n) is 3.91. The van der Waals surface area contributed by atoms with Crippen molar-refractivity contribution in [3.63, 3.8) is 0 Å². The fourth-order valence-corrected chi connectivity index (χ4v) is 1.31. The summed E-state index contributed by atoms with van der Waals surface area (Å²) in [5, 5.41) is 4.94.